The van der Waals surface area contributed by atoms with E-state index >= 15 is 0 Å². The summed E-state index contributed by atoms with van der Waals surface area (Å²) in [6, 6.07) is 4.91. The van der Waals surface area contributed by atoms with E-state index in [-0.39, 0.29) is 5.57 Å². The number of ketones is 1. The van der Waals surface area contributed by atoms with Gasteiger partial charge in [-0.2, -0.15) is 0 Å². The molecular weight excluding hydrogens is 220 g/mol. The summed E-state index contributed by atoms with van der Waals surface area (Å²) in [5.41, 5.74) is 1.02. The Labute approximate surface area is 99.8 Å². The maximum Gasteiger partial charge on any atom is 0.341 e. The first-order valence-corrected chi connectivity index (χ1v) is 4.97. The predicted octanol–water partition coefficient (Wildman–Crippen LogP) is 1.92. The van der Waals surface area contributed by atoms with Crippen LogP contribution in [0.1, 0.15) is 15.9 Å². The summed E-state index contributed by atoms with van der Waals surface area (Å²) in [5, 5.41) is 0. The number of ether oxygens (including phenoxy) is 2. The number of Topliss-reactive ketones (excluding diaryl/α,β-unsaturated/α-hetero) is 1. The molecule has 0 aliphatic carbocycles. The molecule has 1 aromatic carbocycles. The van der Waals surface area contributed by atoms with E-state index < -0.39 is 11.8 Å². The molecule has 0 saturated carbocycles. The van der Waals surface area contributed by atoms with Crippen LogP contribution in [0.2, 0.25) is 0 Å². The van der Waals surface area contributed by atoms with Crippen molar-refractivity contribution in [1.82, 2.24) is 0 Å². The van der Waals surface area contributed by atoms with Crippen molar-refractivity contribution in [1.29, 1.82) is 0 Å². The molecule has 0 aliphatic heterocycles. The molecule has 0 aliphatic rings. The average molecular weight is 234 g/mol. The first-order valence-electron chi connectivity index (χ1n) is 4.97. The molecule has 4 nitrogen and oxygen atoms in total. The maximum absolute atomic E-state index is 11.9. The number of esters is 1. The monoisotopic (exact) mass is 234 g/mol. The molecule has 0 bridgehead atoms. The molecule has 0 radical (unpaired) electrons. The zero-order valence-electron chi connectivity index (χ0n) is 10.1. The lowest BCUT2D eigenvalue weighted by atomic mass is 10.0. The first-order chi connectivity index (χ1) is 8.01. The van der Waals surface area contributed by atoms with Crippen molar-refractivity contribution in [3.05, 3.63) is 41.5 Å². The van der Waals surface area contributed by atoms with Crippen LogP contribution >= 0.6 is 0 Å². The highest BCUT2D eigenvalue weighted by Gasteiger charge is 2.18. The van der Waals surface area contributed by atoms with E-state index in [1.807, 2.05) is 6.92 Å². The number of rotatable bonds is 4. The molecule has 17 heavy (non-hydrogen) atoms. The fourth-order valence-electron chi connectivity index (χ4n) is 1.41. The van der Waals surface area contributed by atoms with Crippen LogP contribution in [0.5, 0.6) is 5.75 Å². The summed E-state index contributed by atoms with van der Waals surface area (Å²) in [6.45, 7) is 5.23. The summed E-state index contributed by atoms with van der Waals surface area (Å²) in [4.78, 5) is 23.0. The van der Waals surface area contributed by atoms with Crippen molar-refractivity contribution in [2.75, 3.05) is 14.2 Å². The maximum atomic E-state index is 11.9. The highest BCUT2D eigenvalue weighted by molar-refractivity contribution is 6.23. The molecule has 0 fully saturated rings. The number of benzene rings is 1. The predicted molar refractivity (Wildman–Crippen MR) is 63.2 cm³/mol. The van der Waals surface area contributed by atoms with Crippen LogP contribution in [0.3, 0.4) is 0 Å². The van der Waals surface area contributed by atoms with E-state index in [1.54, 1.807) is 25.3 Å². The standard InChI is InChI=1S/C13H14O4/c1-8-7-10(5-6-11(8)16-3)12(14)9(2)13(15)17-4/h5-7H,2H2,1,3-4H3. The summed E-state index contributed by atoms with van der Waals surface area (Å²) < 4.78 is 9.53. The number of carbonyl (C=O) groups is 2. The van der Waals surface area contributed by atoms with Crippen molar-refractivity contribution in [3.8, 4) is 5.75 Å². The normalized spacial score (nSPS) is 9.59. The molecule has 0 atom stereocenters. The summed E-state index contributed by atoms with van der Waals surface area (Å²) >= 11 is 0. The van der Waals surface area contributed by atoms with Gasteiger partial charge < -0.3 is 9.47 Å². The second-order valence-corrected chi connectivity index (χ2v) is 3.48. The lowest BCUT2D eigenvalue weighted by Crippen LogP contribution is -2.13. The number of hydrogen-bond donors (Lipinski definition) is 0. The molecular formula is C13H14O4. The molecule has 1 rings (SSSR count). The van der Waals surface area contributed by atoms with Gasteiger partial charge in [0.25, 0.3) is 0 Å². The van der Waals surface area contributed by atoms with Gasteiger partial charge in [-0.3, -0.25) is 4.79 Å². The van der Waals surface area contributed by atoms with Gasteiger partial charge in [-0.15, -0.1) is 0 Å². The van der Waals surface area contributed by atoms with Gasteiger partial charge in [0.15, 0.2) is 5.78 Å². The lowest BCUT2D eigenvalue weighted by molar-refractivity contribution is -0.135. The lowest BCUT2D eigenvalue weighted by Gasteiger charge is -2.07. The van der Waals surface area contributed by atoms with Crippen molar-refractivity contribution >= 4 is 11.8 Å². The molecule has 0 heterocycles. The average Bonchev–Trinajstić information content (AvgIpc) is 2.35. The molecule has 4 heteroatoms. The Balaban J connectivity index is 3.02. The first kappa shape index (κ1) is 13.0. The summed E-state index contributed by atoms with van der Waals surface area (Å²) in [6.07, 6.45) is 0. The Morgan fingerprint density at radius 3 is 2.35 bits per heavy atom. The van der Waals surface area contributed by atoms with Crippen LogP contribution in [-0.2, 0) is 9.53 Å². The molecule has 0 unspecified atom stereocenters. The third kappa shape index (κ3) is 2.72. The largest absolute Gasteiger partial charge is 0.496 e. The third-order valence-corrected chi connectivity index (χ3v) is 2.36. The van der Waals surface area contributed by atoms with Gasteiger partial charge in [0, 0.05) is 5.56 Å². The van der Waals surface area contributed by atoms with Crippen LogP contribution in [0.15, 0.2) is 30.4 Å². The third-order valence-electron chi connectivity index (χ3n) is 2.36. The quantitative estimate of drug-likeness (QED) is 0.262. The van der Waals surface area contributed by atoms with Crippen molar-refractivity contribution in [2.45, 2.75) is 6.92 Å². The van der Waals surface area contributed by atoms with Gasteiger partial charge in [0.05, 0.1) is 14.2 Å². The van der Waals surface area contributed by atoms with E-state index in [2.05, 4.69) is 11.3 Å². The van der Waals surface area contributed by atoms with Gasteiger partial charge in [-0.1, -0.05) is 6.58 Å². The Morgan fingerprint density at radius 2 is 1.88 bits per heavy atom. The highest BCUT2D eigenvalue weighted by atomic mass is 16.5. The number of carbonyl (C=O) groups excluding carboxylic acids is 2. The van der Waals surface area contributed by atoms with Gasteiger partial charge in [-0.05, 0) is 30.7 Å². The second kappa shape index (κ2) is 5.30. The minimum Gasteiger partial charge on any atom is -0.496 e. The van der Waals surface area contributed by atoms with E-state index in [4.69, 9.17) is 4.74 Å². The smallest absolute Gasteiger partial charge is 0.341 e. The molecule has 0 amide bonds. The molecule has 0 spiro atoms. The highest BCUT2D eigenvalue weighted by Crippen LogP contribution is 2.20. The Bertz CT molecular complexity index is 474. The van der Waals surface area contributed by atoms with E-state index in [9.17, 15) is 9.59 Å². The molecule has 1 aromatic rings. The molecule has 90 valence electrons. The van der Waals surface area contributed by atoms with Crippen LogP contribution in [0.25, 0.3) is 0 Å². The Kier molecular flexibility index (Phi) is 4.04. The number of aryl methyl sites for hydroxylation is 1. The van der Waals surface area contributed by atoms with Crippen LogP contribution in [0.4, 0.5) is 0 Å². The molecule has 0 aromatic heterocycles. The summed E-state index contributed by atoms with van der Waals surface area (Å²) in [5.74, 6) is -0.476. The van der Waals surface area contributed by atoms with Crippen LogP contribution < -0.4 is 4.74 Å². The van der Waals surface area contributed by atoms with Crippen LogP contribution in [0, 0.1) is 6.92 Å². The number of hydrogen-bond acceptors (Lipinski definition) is 4. The topological polar surface area (TPSA) is 52.6 Å². The van der Waals surface area contributed by atoms with Crippen LogP contribution in [-0.4, -0.2) is 26.0 Å². The molecule has 0 saturated heterocycles. The zero-order chi connectivity index (χ0) is 13.0. The van der Waals surface area contributed by atoms with Gasteiger partial charge in [-0.25, -0.2) is 4.79 Å². The van der Waals surface area contributed by atoms with Crippen molar-refractivity contribution in [3.63, 3.8) is 0 Å². The van der Waals surface area contributed by atoms with E-state index in [0.29, 0.717) is 11.3 Å². The second-order valence-electron chi connectivity index (χ2n) is 3.48. The Hall–Kier alpha value is -2.10. The van der Waals surface area contributed by atoms with Crippen molar-refractivity contribution in [2.24, 2.45) is 0 Å². The minimum atomic E-state index is -0.719. The van der Waals surface area contributed by atoms with Gasteiger partial charge >= 0.3 is 5.97 Å². The zero-order valence-corrected chi connectivity index (χ0v) is 10.1. The SMILES string of the molecule is C=C(C(=O)OC)C(=O)c1ccc(OC)c(C)c1. The minimum absolute atomic E-state index is 0.183. The Morgan fingerprint density at radius 1 is 1.24 bits per heavy atom. The van der Waals surface area contributed by atoms with E-state index in [1.165, 1.54) is 7.11 Å². The van der Waals surface area contributed by atoms with Crippen molar-refractivity contribution < 1.29 is 19.1 Å². The molecule has 0 N–H and O–H groups in total. The van der Waals surface area contributed by atoms with Gasteiger partial charge in [0.1, 0.15) is 11.3 Å². The number of methoxy groups -OCH3 is 2. The summed E-state index contributed by atoms with van der Waals surface area (Å²) in [7, 11) is 2.76. The van der Waals surface area contributed by atoms with Gasteiger partial charge in [0.2, 0.25) is 0 Å². The van der Waals surface area contributed by atoms with E-state index in [0.717, 1.165) is 5.56 Å². The fourth-order valence-corrected chi connectivity index (χ4v) is 1.41. The fraction of sp³-hybridized carbons (Fsp3) is 0.231.